The zero-order valence-electron chi connectivity index (χ0n) is 6.57. The van der Waals surface area contributed by atoms with Crippen molar-refractivity contribution in [2.45, 2.75) is 6.92 Å². The molecule has 3 nitrogen and oxygen atoms in total. The Morgan fingerprint density at radius 1 is 1.36 bits per heavy atom. The standard InChI is InChI=1S/C8H9N3/c1-6-3-9-8-5-11(2)10-4-7(6)8/h3-5H,1-2H3. The molecule has 0 bridgehead atoms. The summed E-state index contributed by atoms with van der Waals surface area (Å²) in [6, 6.07) is 0. The molecule has 0 N–H and O–H groups in total. The van der Waals surface area contributed by atoms with E-state index in [1.165, 1.54) is 5.56 Å². The highest BCUT2D eigenvalue weighted by atomic mass is 15.2. The first-order valence-electron chi connectivity index (χ1n) is 3.51. The molecule has 0 amide bonds. The molecule has 0 aromatic heterocycles. The summed E-state index contributed by atoms with van der Waals surface area (Å²) in [5, 5.41) is 4.12. The van der Waals surface area contributed by atoms with Gasteiger partial charge < -0.3 is 0 Å². The molecule has 0 spiro atoms. The predicted molar refractivity (Wildman–Crippen MR) is 42.4 cm³/mol. The number of aryl methyl sites for hydroxylation is 2. The number of fused-ring (bicyclic) bond motifs is 1. The maximum atomic E-state index is 4.22. The van der Waals surface area contributed by atoms with Gasteiger partial charge in [-0.25, -0.2) is 0 Å². The fourth-order valence-electron chi connectivity index (χ4n) is 1.14. The second kappa shape index (κ2) is 2.05. The molecular formula is C8H9N3. The van der Waals surface area contributed by atoms with E-state index >= 15 is 0 Å². The van der Waals surface area contributed by atoms with Gasteiger partial charge in [0.05, 0.1) is 11.9 Å². The first-order chi connectivity index (χ1) is 5.27. The second-order valence-electron chi connectivity index (χ2n) is 2.69. The molecule has 0 saturated heterocycles. The minimum atomic E-state index is 1.01. The smallest absolute Gasteiger partial charge is 0.0900 e. The third kappa shape index (κ3) is 0.888. The van der Waals surface area contributed by atoms with Crippen molar-refractivity contribution in [3.63, 3.8) is 0 Å². The number of aromatic nitrogens is 3. The number of hydrogen-bond acceptors (Lipinski definition) is 2. The lowest BCUT2D eigenvalue weighted by Crippen LogP contribution is -1.96. The van der Waals surface area contributed by atoms with E-state index in [0.717, 1.165) is 11.3 Å². The fraction of sp³-hybridized carbons (Fsp3) is 0.250. The third-order valence-electron chi connectivity index (χ3n) is 1.78. The fourth-order valence-corrected chi connectivity index (χ4v) is 1.14. The van der Waals surface area contributed by atoms with Crippen LogP contribution in [0.2, 0.25) is 0 Å². The average Bonchev–Trinajstić information content (AvgIpc) is 2.32. The van der Waals surface area contributed by atoms with E-state index in [4.69, 9.17) is 0 Å². The van der Waals surface area contributed by atoms with Gasteiger partial charge in [0.2, 0.25) is 0 Å². The van der Waals surface area contributed by atoms with Crippen LogP contribution >= 0.6 is 0 Å². The highest BCUT2D eigenvalue weighted by molar-refractivity contribution is 5.63. The van der Waals surface area contributed by atoms with Crippen molar-refractivity contribution >= 4 is 0 Å². The average molecular weight is 147 g/mol. The Labute approximate surface area is 65.0 Å². The third-order valence-corrected chi connectivity index (χ3v) is 1.78. The van der Waals surface area contributed by atoms with Crippen molar-refractivity contribution in [1.82, 2.24) is 14.8 Å². The number of nitrogens with zero attached hydrogens (tertiary/aromatic N) is 3. The second-order valence-corrected chi connectivity index (χ2v) is 2.69. The summed E-state index contributed by atoms with van der Waals surface area (Å²) >= 11 is 0. The summed E-state index contributed by atoms with van der Waals surface area (Å²) in [5.74, 6) is 0. The van der Waals surface area contributed by atoms with Crippen LogP contribution in [-0.2, 0) is 7.05 Å². The van der Waals surface area contributed by atoms with Crippen molar-refractivity contribution in [1.29, 1.82) is 0 Å². The Morgan fingerprint density at radius 2 is 2.18 bits per heavy atom. The largest absolute Gasteiger partial charge is 0.274 e. The van der Waals surface area contributed by atoms with Crippen LogP contribution < -0.4 is 0 Å². The number of hydrogen-bond donors (Lipinski definition) is 0. The quantitative estimate of drug-likeness (QED) is 0.561. The lowest BCUT2D eigenvalue weighted by Gasteiger charge is -2.00. The van der Waals surface area contributed by atoms with E-state index in [1.807, 2.05) is 32.6 Å². The maximum absolute atomic E-state index is 4.22. The first kappa shape index (κ1) is 6.34. The monoisotopic (exact) mass is 147 g/mol. The van der Waals surface area contributed by atoms with Crippen LogP contribution in [0, 0.1) is 6.92 Å². The molecule has 11 heavy (non-hydrogen) atoms. The molecule has 2 rings (SSSR count). The van der Waals surface area contributed by atoms with Crippen LogP contribution in [0.15, 0.2) is 18.6 Å². The Bertz CT molecular complexity index is 351. The molecule has 56 valence electrons. The molecular weight excluding hydrogens is 138 g/mol. The van der Waals surface area contributed by atoms with Crippen molar-refractivity contribution in [3.8, 4) is 11.3 Å². The molecule has 0 aromatic carbocycles. The molecule has 0 aliphatic carbocycles. The van der Waals surface area contributed by atoms with Gasteiger partial charge in [-0.15, -0.1) is 0 Å². The number of rotatable bonds is 0. The molecule has 2 aliphatic rings. The molecule has 0 fully saturated rings. The summed E-state index contributed by atoms with van der Waals surface area (Å²) in [5.41, 5.74) is 3.34. The highest BCUT2D eigenvalue weighted by Crippen LogP contribution is 2.21. The Morgan fingerprint density at radius 3 is 3.00 bits per heavy atom. The van der Waals surface area contributed by atoms with E-state index in [1.54, 1.807) is 4.68 Å². The summed E-state index contributed by atoms with van der Waals surface area (Å²) in [4.78, 5) is 4.22. The molecule has 2 aliphatic heterocycles. The van der Waals surface area contributed by atoms with Crippen LogP contribution in [0.4, 0.5) is 0 Å². The Hall–Kier alpha value is -1.38. The molecule has 0 unspecified atom stereocenters. The van der Waals surface area contributed by atoms with Gasteiger partial charge in [0.1, 0.15) is 0 Å². The van der Waals surface area contributed by atoms with E-state index < -0.39 is 0 Å². The Kier molecular flexibility index (Phi) is 1.18. The lowest BCUT2D eigenvalue weighted by molar-refractivity contribution is 0.738. The van der Waals surface area contributed by atoms with E-state index in [2.05, 4.69) is 10.1 Å². The van der Waals surface area contributed by atoms with Crippen LogP contribution in [0.3, 0.4) is 0 Å². The summed E-state index contributed by atoms with van der Waals surface area (Å²) in [7, 11) is 1.89. The van der Waals surface area contributed by atoms with Crippen LogP contribution in [-0.4, -0.2) is 14.8 Å². The molecule has 0 saturated carbocycles. The molecule has 0 atom stereocenters. The topological polar surface area (TPSA) is 30.7 Å². The first-order valence-corrected chi connectivity index (χ1v) is 3.51. The SMILES string of the molecule is Cc1cnc2cn(C)ncc1-2. The van der Waals surface area contributed by atoms with Crippen molar-refractivity contribution in [2.75, 3.05) is 0 Å². The van der Waals surface area contributed by atoms with Gasteiger partial charge in [0.15, 0.2) is 0 Å². The van der Waals surface area contributed by atoms with Crippen molar-refractivity contribution in [2.24, 2.45) is 7.05 Å². The van der Waals surface area contributed by atoms with Crippen LogP contribution in [0.1, 0.15) is 5.56 Å². The van der Waals surface area contributed by atoms with Gasteiger partial charge in [-0.3, -0.25) is 9.67 Å². The van der Waals surface area contributed by atoms with E-state index in [0.29, 0.717) is 0 Å². The van der Waals surface area contributed by atoms with Crippen molar-refractivity contribution in [3.05, 3.63) is 24.2 Å². The minimum Gasteiger partial charge on any atom is -0.274 e. The van der Waals surface area contributed by atoms with Gasteiger partial charge in [-0.2, -0.15) is 5.10 Å². The molecule has 0 aromatic rings. The zero-order valence-corrected chi connectivity index (χ0v) is 6.57. The summed E-state index contributed by atoms with van der Waals surface area (Å²) < 4.78 is 1.76. The minimum absolute atomic E-state index is 1.01. The van der Waals surface area contributed by atoms with E-state index in [-0.39, 0.29) is 0 Å². The van der Waals surface area contributed by atoms with Gasteiger partial charge in [0.25, 0.3) is 0 Å². The zero-order chi connectivity index (χ0) is 7.84. The van der Waals surface area contributed by atoms with Gasteiger partial charge in [0, 0.05) is 25.0 Å². The van der Waals surface area contributed by atoms with E-state index in [9.17, 15) is 0 Å². The molecule has 2 heterocycles. The lowest BCUT2D eigenvalue weighted by atomic mass is 10.2. The normalized spacial score (nSPS) is 10.7. The maximum Gasteiger partial charge on any atom is 0.0900 e. The molecule has 3 heteroatoms. The predicted octanol–water partition coefficient (Wildman–Crippen LogP) is 1.23. The summed E-state index contributed by atoms with van der Waals surface area (Å²) in [6.45, 7) is 2.04. The van der Waals surface area contributed by atoms with Crippen molar-refractivity contribution < 1.29 is 0 Å². The Balaban J connectivity index is 2.74. The van der Waals surface area contributed by atoms with Gasteiger partial charge >= 0.3 is 0 Å². The van der Waals surface area contributed by atoms with Crippen LogP contribution in [0.5, 0.6) is 0 Å². The van der Waals surface area contributed by atoms with Gasteiger partial charge in [-0.1, -0.05) is 0 Å². The van der Waals surface area contributed by atoms with Crippen LogP contribution in [0.25, 0.3) is 11.3 Å². The molecule has 0 radical (unpaired) electrons. The summed E-state index contributed by atoms with van der Waals surface area (Å²) in [6.07, 6.45) is 5.63. The van der Waals surface area contributed by atoms with Gasteiger partial charge in [-0.05, 0) is 12.5 Å². The highest BCUT2D eigenvalue weighted by Gasteiger charge is 2.06.